The van der Waals surface area contributed by atoms with E-state index in [1.807, 2.05) is 6.07 Å². The summed E-state index contributed by atoms with van der Waals surface area (Å²) in [6, 6.07) is 6.73. The Morgan fingerprint density at radius 1 is 1.20 bits per heavy atom. The number of piperidine rings is 1. The molecule has 0 saturated carbocycles. The van der Waals surface area contributed by atoms with Gasteiger partial charge in [0.1, 0.15) is 11.4 Å². The summed E-state index contributed by atoms with van der Waals surface area (Å²) in [5.41, 5.74) is 0.412. The Labute approximate surface area is 118 Å². The SMILES string of the molecule is CN1CCC2(CC1)CCN(c1cccc(O)c1)C(=O)O2. The van der Waals surface area contributed by atoms with E-state index in [0.29, 0.717) is 12.2 Å². The average Bonchev–Trinajstić information content (AvgIpc) is 2.43. The van der Waals surface area contributed by atoms with Crippen molar-refractivity contribution in [3.05, 3.63) is 24.3 Å². The Hall–Kier alpha value is -1.75. The molecule has 0 atom stereocenters. The number of phenols is 1. The summed E-state index contributed by atoms with van der Waals surface area (Å²) in [7, 11) is 2.09. The Bertz CT molecular complexity index is 510. The van der Waals surface area contributed by atoms with Crippen molar-refractivity contribution < 1.29 is 14.6 Å². The molecular weight excluding hydrogens is 256 g/mol. The van der Waals surface area contributed by atoms with Gasteiger partial charge in [-0.15, -0.1) is 0 Å². The lowest BCUT2D eigenvalue weighted by molar-refractivity contribution is -0.0444. The molecule has 0 bridgehead atoms. The third kappa shape index (κ3) is 2.45. The highest BCUT2D eigenvalue weighted by molar-refractivity contribution is 5.88. The second kappa shape index (κ2) is 4.98. The van der Waals surface area contributed by atoms with Gasteiger partial charge in [0.05, 0.1) is 5.69 Å². The van der Waals surface area contributed by atoms with E-state index in [2.05, 4.69) is 11.9 Å². The first-order valence-electron chi connectivity index (χ1n) is 7.06. The van der Waals surface area contributed by atoms with Gasteiger partial charge in [-0.3, -0.25) is 4.90 Å². The van der Waals surface area contributed by atoms with Crippen LogP contribution >= 0.6 is 0 Å². The maximum absolute atomic E-state index is 12.3. The number of ether oxygens (including phenoxy) is 1. The third-order valence-corrected chi connectivity index (χ3v) is 4.35. The van der Waals surface area contributed by atoms with Gasteiger partial charge in [0.25, 0.3) is 0 Å². The Balaban J connectivity index is 1.73. The van der Waals surface area contributed by atoms with Crippen LogP contribution in [0.3, 0.4) is 0 Å². The van der Waals surface area contributed by atoms with Crippen LogP contribution in [0.1, 0.15) is 19.3 Å². The quantitative estimate of drug-likeness (QED) is 0.854. The van der Waals surface area contributed by atoms with Gasteiger partial charge in [-0.1, -0.05) is 6.07 Å². The molecule has 1 amide bonds. The fraction of sp³-hybridized carbons (Fsp3) is 0.533. The third-order valence-electron chi connectivity index (χ3n) is 4.35. The molecule has 1 spiro atoms. The van der Waals surface area contributed by atoms with E-state index in [9.17, 15) is 9.90 Å². The van der Waals surface area contributed by atoms with Crippen LogP contribution in [0.4, 0.5) is 10.5 Å². The second-order valence-corrected chi connectivity index (χ2v) is 5.78. The first-order valence-corrected chi connectivity index (χ1v) is 7.06. The number of carbonyl (C=O) groups is 1. The lowest BCUT2D eigenvalue weighted by atomic mass is 9.87. The van der Waals surface area contributed by atoms with E-state index < -0.39 is 0 Å². The Morgan fingerprint density at radius 3 is 2.55 bits per heavy atom. The van der Waals surface area contributed by atoms with Crippen LogP contribution in [-0.2, 0) is 4.74 Å². The lowest BCUT2D eigenvalue weighted by Gasteiger charge is -2.45. The van der Waals surface area contributed by atoms with Crippen molar-refractivity contribution in [2.75, 3.05) is 31.6 Å². The number of amides is 1. The highest BCUT2D eigenvalue weighted by atomic mass is 16.6. The molecule has 5 nitrogen and oxygen atoms in total. The van der Waals surface area contributed by atoms with E-state index in [-0.39, 0.29) is 17.4 Å². The Kier molecular flexibility index (Phi) is 3.30. The molecule has 0 aliphatic carbocycles. The van der Waals surface area contributed by atoms with Crippen molar-refractivity contribution >= 4 is 11.8 Å². The molecule has 1 aromatic carbocycles. The molecule has 3 rings (SSSR count). The number of anilines is 1. The monoisotopic (exact) mass is 276 g/mol. The second-order valence-electron chi connectivity index (χ2n) is 5.78. The number of carbonyl (C=O) groups excluding carboxylic acids is 1. The lowest BCUT2D eigenvalue weighted by Crippen LogP contribution is -2.54. The van der Waals surface area contributed by atoms with Crippen molar-refractivity contribution in [2.24, 2.45) is 0 Å². The molecule has 1 aromatic rings. The molecule has 1 N–H and O–H groups in total. The molecule has 2 fully saturated rings. The van der Waals surface area contributed by atoms with Gasteiger partial charge >= 0.3 is 6.09 Å². The molecule has 0 unspecified atom stereocenters. The van der Waals surface area contributed by atoms with Crippen LogP contribution in [-0.4, -0.2) is 48.4 Å². The number of nitrogens with zero attached hydrogens (tertiary/aromatic N) is 2. The summed E-state index contributed by atoms with van der Waals surface area (Å²) in [4.78, 5) is 16.1. The minimum absolute atomic E-state index is 0.162. The molecule has 2 aliphatic heterocycles. The minimum Gasteiger partial charge on any atom is -0.508 e. The molecule has 5 heteroatoms. The van der Waals surface area contributed by atoms with Crippen molar-refractivity contribution in [3.63, 3.8) is 0 Å². The zero-order valence-corrected chi connectivity index (χ0v) is 11.7. The van der Waals surface area contributed by atoms with Gasteiger partial charge in [-0.25, -0.2) is 4.79 Å². The van der Waals surface area contributed by atoms with Crippen LogP contribution in [0.25, 0.3) is 0 Å². The summed E-state index contributed by atoms with van der Waals surface area (Å²) in [6.07, 6.45) is 2.36. The highest BCUT2D eigenvalue weighted by Gasteiger charge is 2.42. The van der Waals surface area contributed by atoms with E-state index in [4.69, 9.17) is 4.74 Å². The molecule has 0 aromatic heterocycles. The summed E-state index contributed by atoms with van der Waals surface area (Å²) in [5.74, 6) is 0.162. The fourth-order valence-electron chi connectivity index (χ4n) is 2.97. The summed E-state index contributed by atoms with van der Waals surface area (Å²) >= 11 is 0. The molecule has 2 aliphatic rings. The van der Waals surface area contributed by atoms with Gasteiger partial charge in [-0.2, -0.15) is 0 Å². The zero-order chi connectivity index (χ0) is 14.2. The normalized spacial score (nSPS) is 22.9. The number of rotatable bonds is 1. The highest BCUT2D eigenvalue weighted by Crippen LogP contribution is 2.35. The van der Waals surface area contributed by atoms with E-state index in [0.717, 1.165) is 32.4 Å². The van der Waals surface area contributed by atoms with Crippen LogP contribution in [0, 0.1) is 0 Å². The summed E-state index contributed by atoms with van der Waals surface area (Å²) < 4.78 is 5.75. The van der Waals surface area contributed by atoms with Gasteiger partial charge < -0.3 is 14.7 Å². The average molecular weight is 276 g/mol. The maximum Gasteiger partial charge on any atom is 0.414 e. The van der Waals surface area contributed by atoms with Gasteiger partial charge in [0.2, 0.25) is 0 Å². The number of phenolic OH excluding ortho intramolecular Hbond substituents is 1. The minimum atomic E-state index is -0.300. The molecular formula is C15H20N2O3. The molecule has 108 valence electrons. The standard InChI is InChI=1S/C15H20N2O3/c1-16-8-5-15(6-9-16)7-10-17(14(19)20-15)12-3-2-4-13(18)11-12/h2-4,11,18H,5-10H2,1H3. The fourth-order valence-corrected chi connectivity index (χ4v) is 2.97. The Morgan fingerprint density at radius 2 is 1.90 bits per heavy atom. The van der Waals surface area contributed by atoms with E-state index in [1.165, 1.54) is 0 Å². The topological polar surface area (TPSA) is 53.0 Å². The van der Waals surface area contributed by atoms with Crippen molar-refractivity contribution in [3.8, 4) is 5.75 Å². The predicted octanol–water partition coefficient (Wildman–Crippen LogP) is 2.20. The molecule has 2 saturated heterocycles. The van der Waals surface area contributed by atoms with E-state index in [1.54, 1.807) is 23.1 Å². The number of benzene rings is 1. The smallest absolute Gasteiger partial charge is 0.414 e. The van der Waals surface area contributed by atoms with Crippen molar-refractivity contribution in [1.29, 1.82) is 0 Å². The largest absolute Gasteiger partial charge is 0.508 e. The molecule has 20 heavy (non-hydrogen) atoms. The van der Waals surface area contributed by atoms with Crippen molar-refractivity contribution in [2.45, 2.75) is 24.9 Å². The zero-order valence-electron chi connectivity index (χ0n) is 11.7. The number of hydrogen-bond acceptors (Lipinski definition) is 4. The van der Waals surface area contributed by atoms with Crippen LogP contribution < -0.4 is 4.90 Å². The van der Waals surface area contributed by atoms with E-state index >= 15 is 0 Å². The van der Waals surface area contributed by atoms with Crippen LogP contribution in [0.5, 0.6) is 5.75 Å². The molecule has 2 heterocycles. The maximum atomic E-state index is 12.3. The molecule has 0 radical (unpaired) electrons. The van der Waals surface area contributed by atoms with Gasteiger partial charge in [0.15, 0.2) is 0 Å². The van der Waals surface area contributed by atoms with Gasteiger partial charge in [0, 0.05) is 45.0 Å². The number of hydrogen-bond donors (Lipinski definition) is 1. The summed E-state index contributed by atoms with van der Waals surface area (Å²) in [6.45, 7) is 2.59. The van der Waals surface area contributed by atoms with Crippen LogP contribution in [0.2, 0.25) is 0 Å². The van der Waals surface area contributed by atoms with Crippen LogP contribution in [0.15, 0.2) is 24.3 Å². The number of likely N-dealkylation sites (tertiary alicyclic amines) is 1. The number of aromatic hydroxyl groups is 1. The predicted molar refractivity (Wildman–Crippen MR) is 76.0 cm³/mol. The first-order chi connectivity index (χ1) is 9.58. The van der Waals surface area contributed by atoms with Crippen molar-refractivity contribution in [1.82, 2.24) is 4.90 Å². The van der Waals surface area contributed by atoms with Gasteiger partial charge in [-0.05, 0) is 19.2 Å². The summed E-state index contributed by atoms with van der Waals surface area (Å²) in [5, 5.41) is 9.52. The first kappa shape index (κ1) is 13.2.